The number of ether oxygens (including phenoxy) is 2. The molecule has 0 aliphatic carbocycles. The molecule has 1 rings (SSSR count). The van der Waals surface area contributed by atoms with Crippen molar-refractivity contribution in [1.29, 1.82) is 0 Å². The summed E-state index contributed by atoms with van der Waals surface area (Å²) >= 11 is 0. The molecule has 0 saturated heterocycles. The molecule has 0 spiro atoms. The quantitative estimate of drug-likeness (QED) is 0.746. The van der Waals surface area contributed by atoms with Gasteiger partial charge in [0.15, 0.2) is 11.5 Å². The third kappa shape index (κ3) is 6.16. The summed E-state index contributed by atoms with van der Waals surface area (Å²) in [6, 6.07) is 5.67. The molecule has 0 radical (unpaired) electrons. The van der Waals surface area contributed by atoms with Crippen molar-refractivity contribution < 1.29 is 19.1 Å². The fourth-order valence-electron chi connectivity index (χ4n) is 1.82. The second-order valence-electron chi connectivity index (χ2n) is 4.52. The standard InChI is InChI=1S/C15H22N2O4/c1-11(18)16-9-7-15(19)17-8-6-12-4-5-13(20-2)14(10-12)21-3/h4-5,10H,6-9H2,1-3H3,(H,16,18)(H,17,19). The Morgan fingerprint density at radius 2 is 1.76 bits per heavy atom. The Morgan fingerprint density at radius 1 is 1.05 bits per heavy atom. The van der Waals surface area contributed by atoms with Crippen LogP contribution in [0.15, 0.2) is 18.2 Å². The summed E-state index contributed by atoms with van der Waals surface area (Å²) in [5, 5.41) is 5.39. The molecule has 2 N–H and O–H groups in total. The highest BCUT2D eigenvalue weighted by molar-refractivity contribution is 5.77. The van der Waals surface area contributed by atoms with Crippen LogP contribution in [0.25, 0.3) is 0 Å². The lowest BCUT2D eigenvalue weighted by atomic mass is 10.1. The van der Waals surface area contributed by atoms with Crippen LogP contribution in [0, 0.1) is 0 Å². The lowest BCUT2D eigenvalue weighted by Gasteiger charge is -2.10. The normalized spacial score (nSPS) is 9.86. The summed E-state index contributed by atoms with van der Waals surface area (Å²) in [5.41, 5.74) is 1.05. The predicted octanol–water partition coefficient (Wildman–Crippen LogP) is 0.889. The van der Waals surface area contributed by atoms with Gasteiger partial charge in [-0.1, -0.05) is 6.07 Å². The number of hydrogen-bond donors (Lipinski definition) is 2. The molecule has 2 amide bonds. The van der Waals surface area contributed by atoms with Crippen LogP contribution in [0.1, 0.15) is 18.9 Å². The second kappa shape index (κ2) is 8.84. The number of benzene rings is 1. The molecule has 0 aromatic heterocycles. The Hall–Kier alpha value is -2.24. The Balaban J connectivity index is 2.35. The van der Waals surface area contributed by atoms with Crippen molar-refractivity contribution in [3.8, 4) is 11.5 Å². The summed E-state index contributed by atoms with van der Waals surface area (Å²) in [6.07, 6.45) is 0.984. The van der Waals surface area contributed by atoms with Gasteiger partial charge in [-0.15, -0.1) is 0 Å². The molecule has 0 heterocycles. The van der Waals surface area contributed by atoms with E-state index in [1.807, 2.05) is 18.2 Å². The number of carbonyl (C=O) groups excluding carboxylic acids is 2. The number of methoxy groups -OCH3 is 2. The summed E-state index contributed by atoms with van der Waals surface area (Å²) in [4.78, 5) is 22.2. The fourth-order valence-corrected chi connectivity index (χ4v) is 1.82. The maximum Gasteiger partial charge on any atom is 0.221 e. The fraction of sp³-hybridized carbons (Fsp3) is 0.467. The third-order valence-electron chi connectivity index (χ3n) is 2.91. The summed E-state index contributed by atoms with van der Waals surface area (Å²) in [6.45, 7) is 2.32. The minimum Gasteiger partial charge on any atom is -0.493 e. The third-order valence-corrected chi connectivity index (χ3v) is 2.91. The van der Waals surface area contributed by atoms with Crippen LogP contribution in [0.4, 0.5) is 0 Å². The van der Waals surface area contributed by atoms with E-state index >= 15 is 0 Å². The Bertz CT molecular complexity index is 489. The Labute approximate surface area is 124 Å². The highest BCUT2D eigenvalue weighted by Crippen LogP contribution is 2.27. The molecule has 0 aliphatic heterocycles. The molecular weight excluding hydrogens is 272 g/mol. The first kappa shape index (κ1) is 16.8. The Morgan fingerprint density at radius 3 is 2.38 bits per heavy atom. The zero-order valence-corrected chi connectivity index (χ0v) is 12.7. The van der Waals surface area contributed by atoms with E-state index in [1.165, 1.54) is 6.92 Å². The molecular formula is C15H22N2O4. The molecule has 116 valence electrons. The Kier molecular flexibility index (Phi) is 7.08. The first-order valence-corrected chi connectivity index (χ1v) is 6.79. The van der Waals surface area contributed by atoms with Gasteiger partial charge in [-0.3, -0.25) is 9.59 Å². The molecule has 0 fully saturated rings. The van der Waals surface area contributed by atoms with Crippen molar-refractivity contribution in [1.82, 2.24) is 10.6 Å². The van der Waals surface area contributed by atoms with Gasteiger partial charge >= 0.3 is 0 Å². The van der Waals surface area contributed by atoms with E-state index in [2.05, 4.69) is 10.6 Å². The molecule has 1 aromatic carbocycles. The van der Waals surface area contributed by atoms with Crippen molar-refractivity contribution in [3.63, 3.8) is 0 Å². The highest BCUT2D eigenvalue weighted by Gasteiger charge is 2.05. The molecule has 1 aromatic rings. The van der Waals surface area contributed by atoms with Crippen LogP contribution < -0.4 is 20.1 Å². The molecule has 0 atom stereocenters. The monoisotopic (exact) mass is 294 g/mol. The molecule has 6 nitrogen and oxygen atoms in total. The van der Waals surface area contributed by atoms with Gasteiger partial charge in [-0.05, 0) is 24.1 Å². The minimum absolute atomic E-state index is 0.0794. The summed E-state index contributed by atoms with van der Waals surface area (Å²) in [7, 11) is 3.18. The van der Waals surface area contributed by atoms with Gasteiger partial charge in [-0.2, -0.15) is 0 Å². The van der Waals surface area contributed by atoms with Crippen LogP contribution in [-0.4, -0.2) is 39.1 Å². The van der Waals surface area contributed by atoms with Gasteiger partial charge in [0, 0.05) is 26.4 Å². The minimum atomic E-state index is -0.131. The SMILES string of the molecule is COc1ccc(CCNC(=O)CCNC(C)=O)cc1OC. The number of amides is 2. The predicted molar refractivity (Wildman–Crippen MR) is 79.6 cm³/mol. The molecule has 0 aliphatic rings. The lowest BCUT2D eigenvalue weighted by molar-refractivity contribution is -0.121. The summed E-state index contributed by atoms with van der Waals surface area (Å²) in [5.74, 6) is 1.14. The van der Waals surface area contributed by atoms with Crippen molar-refractivity contribution in [3.05, 3.63) is 23.8 Å². The highest BCUT2D eigenvalue weighted by atomic mass is 16.5. The second-order valence-corrected chi connectivity index (χ2v) is 4.52. The number of carbonyl (C=O) groups is 2. The van der Waals surface area contributed by atoms with E-state index in [0.717, 1.165) is 5.56 Å². The average molecular weight is 294 g/mol. The number of hydrogen-bond acceptors (Lipinski definition) is 4. The molecule has 0 saturated carbocycles. The van der Waals surface area contributed by atoms with Gasteiger partial charge in [0.05, 0.1) is 14.2 Å². The first-order valence-electron chi connectivity index (χ1n) is 6.79. The van der Waals surface area contributed by atoms with Gasteiger partial charge < -0.3 is 20.1 Å². The van der Waals surface area contributed by atoms with Crippen molar-refractivity contribution in [2.24, 2.45) is 0 Å². The van der Waals surface area contributed by atoms with Crippen molar-refractivity contribution >= 4 is 11.8 Å². The largest absolute Gasteiger partial charge is 0.493 e. The van der Waals surface area contributed by atoms with Crippen LogP contribution in [0.5, 0.6) is 11.5 Å². The van der Waals surface area contributed by atoms with Crippen LogP contribution >= 0.6 is 0 Å². The lowest BCUT2D eigenvalue weighted by Crippen LogP contribution is -2.30. The molecule has 0 unspecified atom stereocenters. The van der Waals surface area contributed by atoms with Crippen LogP contribution in [0.3, 0.4) is 0 Å². The smallest absolute Gasteiger partial charge is 0.221 e. The van der Waals surface area contributed by atoms with E-state index in [4.69, 9.17) is 9.47 Å². The zero-order valence-electron chi connectivity index (χ0n) is 12.7. The van der Waals surface area contributed by atoms with E-state index in [1.54, 1.807) is 14.2 Å². The maximum atomic E-state index is 11.5. The van der Waals surface area contributed by atoms with Gasteiger partial charge in [0.25, 0.3) is 0 Å². The van der Waals surface area contributed by atoms with Gasteiger partial charge in [0.2, 0.25) is 11.8 Å². The van der Waals surface area contributed by atoms with Gasteiger partial charge in [0.1, 0.15) is 0 Å². The van der Waals surface area contributed by atoms with E-state index in [-0.39, 0.29) is 18.2 Å². The van der Waals surface area contributed by atoms with E-state index in [0.29, 0.717) is 31.0 Å². The van der Waals surface area contributed by atoms with Crippen molar-refractivity contribution in [2.75, 3.05) is 27.3 Å². The summed E-state index contributed by atoms with van der Waals surface area (Å²) < 4.78 is 10.4. The van der Waals surface area contributed by atoms with Crippen LogP contribution in [0.2, 0.25) is 0 Å². The number of nitrogens with one attached hydrogen (secondary N) is 2. The van der Waals surface area contributed by atoms with Gasteiger partial charge in [-0.25, -0.2) is 0 Å². The maximum absolute atomic E-state index is 11.5. The average Bonchev–Trinajstić information content (AvgIpc) is 2.46. The van der Waals surface area contributed by atoms with E-state index < -0.39 is 0 Å². The van der Waals surface area contributed by atoms with E-state index in [9.17, 15) is 9.59 Å². The zero-order chi connectivity index (χ0) is 15.7. The molecule has 0 bridgehead atoms. The topological polar surface area (TPSA) is 76.7 Å². The molecule has 6 heteroatoms. The number of rotatable bonds is 8. The first-order chi connectivity index (χ1) is 10.1. The molecule has 21 heavy (non-hydrogen) atoms. The van der Waals surface area contributed by atoms with Crippen molar-refractivity contribution in [2.45, 2.75) is 19.8 Å². The van der Waals surface area contributed by atoms with Crippen LogP contribution in [-0.2, 0) is 16.0 Å².